The predicted molar refractivity (Wildman–Crippen MR) is 147 cm³/mol. The molecule has 0 spiro atoms. The quantitative estimate of drug-likeness (QED) is 0.365. The topological polar surface area (TPSA) is 27.5 Å². The van der Waals surface area contributed by atoms with Crippen molar-refractivity contribution in [1.29, 1.82) is 0 Å². The lowest BCUT2D eigenvalue weighted by Gasteiger charge is -2.36. The summed E-state index contributed by atoms with van der Waals surface area (Å²) in [6, 6.07) is 19.9. The van der Waals surface area contributed by atoms with Gasteiger partial charge in [-0.05, 0) is 55.6 Å². The summed E-state index contributed by atoms with van der Waals surface area (Å²) in [4.78, 5) is 7.74. The van der Waals surface area contributed by atoms with E-state index in [2.05, 4.69) is 102 Å². The largest absolute Gasteiger partial charge is 0.354 e. The number of aryl methyl sites for hydroxylation is 2. The molecule has 5 heteroatoms. The number of piperazine rings is 1. The first kappa shape index (κ1) is 25.5. The second-order valence-corrected chi connectivity index (χ2v) is 9.65. The van der Waals surface area contributed by atoms with E-state index in [4.69, 9.17) is 5.10 Å². The summed E-state index contributed by atoms with van der Waals surface area (Å²) in [5.41, 5.74) is 6.58. The highest BCUT2D eigenvalue weighted by Crippen LogP contribution is 2.31. The molecule has 0 aliphatic carbocycles. The molecular weight excluding hydrogens is 430 g/mol. The van der Waals surface area contributed by atoms with Gasteiger partial charge >= 0.3 is 0 Å². The van der Waals surface area contributed by atoms with Gasteiger partial charge in [0.15, 0.2) is 0 Å². The van der Waals surface area contributed by atoms with E-state index in [9.17, 15) is 0 Å². The van der Waals surface area contributed by atoms with Gasteiger partial charge < -0.3 is 9.80 Å². The molecule has 0 radical (unpaired) electrons. The Morgan fingerprint density at radius 2 is 1.46 bits per heavy atom. The van der Waals surface area contributed by atoms with Crippen LogP contribution in [0.25, 0.3) is 5.69 Å². The maximum absolute atomic E-state index is 5.19. The zero-order valence-corrected chi connectivity index (χ0v) is 22.2. The average molecular weight is 474 g/mol. The molecule has 4 rings (SSSR count). The van der Waals surface area contributed by atoms with E-state index in [-0.39, 0.29) is 0 Å². The molecule has 5 nitrogen and oxygen atoms in total. The number of rotatable bonds is 11. The molecule has 0 unspecified atom stereocenters. The van der Waals surface area contributed by atoms with E-state index >= 15 is 0 Å². The van der Waals surface area contributed by atoms with Crippen molar-refractivity contribution in [1.82, 2.24) is 19.6 Å². The SMILES string of the molecule is CCCN(Cc1ccc(CC)cc1)Cc1c(CC)nn(-c2ccccc2)c1N1CCN(CC)CC1. The lowest BCUT2D eigenvalue weighted by Crippen LogP contribution is -2.47. The third kappa shape index (κ3) is 6.14. The summed E-state index contributed by atoms with van der Waals surface area (Å²) in [5, 5.41) is 5.19. The van der Waals surface area contributed by atoms with Crippen LogP contribution in [0.3, 0.4) is 0 Å². The molecule has 35 heavy (non-hydrogen) atoms. The van der Waals surface area contributed by atoms with Crippen molar-refractivity contribution in [3.8, 4) is 5.69 Å². The first-order valence-electron chi connectivity index (χ1n) is 13.6. The van der Waals surface area contributed by atoms with Crippen LogP contribution in [0.4, 0.5) is 5.82 Å². The average Bonchev–Trinajstić information content (AvgIpc) is 3.28. The molecule has 1 saturated heterocycles. The first-order valence-corrected chi connectivity index (χ1v) is 13.6. The van der Waals surface area contributed by atoms with Gasteiger partial charge in [0.1, 0.15) is 5.82 Å². The Labute approximate surface area is 212 Å². The van der Waals surface area contributed by atoms with E-state index in [1.54, 1.807) is 0 Å². The summed E-state index contributed by atoms with van der Waals surface area (Å²) in [7, 11) is 0. The molecule has 3 aromatic rings. The monoisotopic (exact) mass is 473 g/mol. The van der Waals surface area contributed by atoms with Crippen molar-refractivity contribution in [2.75, 3.05) is 44.2 Å². The summed E-state index contributed by atoms with van der Waals surface area (Å²) in [6.45, 7) is 17.4. The molecule has 1 aliphatic rings. The number of benzene rings is 2. The highest BCUT2D eigenvalue weighted by Gasteiger charge is 2.27. The van der Waals surface area contributed by atoms with Gasteiger partial charge in [-0.3, -0.25) is 4.90 Å². The van der Waals surface area contributed by atoms with E-state index in [1.807, 2.05) is 0 Å². The molecule has 0 amide bonds. The van der Waals surface area contributed by atoms with Crippen molar-refractivity contribution in [2.24, 2.45) is 0 Å². The number of nitrogens with zero attached hydrogens (tertiary/aromatic N) is 5. The van der Waals surface area contributed by atoms with Crippen LogP contribution < -0.4 is 4.90 Å². The lowest BCUT2D eigenvalue weighted by atomic mass is 10.1. The van der Waals surface area contributed by atoms with Crippen molar-refractivity contribution in [3.05, 3.63) is 77.0 Å². The minimum Gasteiger partial charge on any atom is -0.354 e. The summed E-state index contributed by atoms with van der Waals surface area (Å²) in [5.74, 6) is 1.30. The lowest BCUT2D eigenvalue weighted by molar-refractivity contribution is 0.254. The fourth-order valence-corrected chi connectivity index (χ4v) is 5.17. The number of aromatic nitrogens is 2. The molecule has 0 bridgehead atoms. The van der Waals surface area contributed by atoms with Crippen LogP contribution in [0, 0.1) is 0 Å². The Morgan fingerprint density at radius 1 is 0.771 bits per heavy atom. The van der Waals surface area contributed by atoms with Gasteiger partial charge in [0.2, 0.25) is 0 Å². The highest BCUT2D eigenvalue weighted by atomic mass is 15.4. The van der Waals surface area contributed by atoms with Crippen LogP contribution in [-0.4, -0.2) is 58.8 Å². The molecule has 1 fully saturated rings. The zero-order chi connectivity index (χ0) is 24.6. The first-order chi connectivity index (χ1) is 17.2. The fourth-order valence-electron chi connectivity index (χ4n) is 5.17. The van der Waals surface area contributed by atoms with Crippen LogP contribution >= 0.6 is 0 Å². The van der Waals surface area contributed by atoms with Crippen LogP contribution in [0.5, 0.6) is 0 Å². The van der Waals surface area contributed by atoms with Crippen molar-refractivity contribution in [2.45, 2.75) is 60.0 Å². The van der Waals surface area contributed by atoms with Gasteiger partial charge in [0.25, 0.3) is 0 Å². The van der Waals surface area contributed by atoms with Gasteiger partial charge in [0.05, 0.1) is 11.4 Å². The smallest absolute Gasteiger partial charge is 0.137 e. The molecule has 1 aliphatic heterocycles. The third-order valence-electron chi connectivity index (χ3n) is 7.25. The predicted octanol–water partition coefficient (Wildman–Crippen LogP) is 5.55. The standard InChI is InChI=1S/C30H43N5/c1-5-18-33(23-26-16-14-25(6-2)15-17-26)24-28-29(7-3)31-35(27-12-10-9-11-13-27)30(28)34-21-19-32(8-4)20-22-34/h9-17H,5-8,18-24H2,1-4H3. The summed E-state index contributed by atoms with van der Waals surface area (Å²) >= 11 is 0. The Balaban J connectivity index is 1.69. The van der Waals surface area contributed by atoms with Crippen molar-refractivity contribution in [3.63, 3.8) is 0 Å². The van der Waals surface area contributed by atoms with E-state index in [1.165, 1.54) is 28.2 Å². The molecule has 1 aromatic heterocycles. The van der Waals surface area contributed by atoms with E-state index in [0.717, 1.165) is 77.3 Å². The Bertz CT molecular complexity index is 1030. The van der Waals surface area contributed by atoms with Crippen molar-refractivity contribution < 1.29 is 0 Å². The Kier molecular flexibility index (Phi) is 9.00. The second-order valence-electron chi connectivity index (χ2n) is 9.65. The normalized spacial score (nSPS) is 14.7. The maximum Gasteiger partial charge on any atom is 0.137 e. The third-order valence-corrected chi connectivity index (χ3v) is 7.25. The molecule has 0 N–H and O–H groups in total. The second kappa shape index (κ2) is 12.4. The van der Waals surface area contributed by atoms with E-state index < -0.39 is 0 Å². The van der Waals surface area contributed by atoms with Gasteiger partial charge in [-0.1, -0.05) is 70.2 Å². The number of hydrogen-bond donors (Lipinski definition) is 0. The van der Waals surface area contributed by atoms with E-state index in [0.29, 0.717) is 0 Å². The van der Waals surface area contributed by atoms with Crippen molar-refractivity contribution >= 4 is 5.82 Å². The van der Waals surface area contributed by atoms with Crippen LogP contribution in [0.1, 0.15) is 56.5 Å². The number of anilines is 1. The zero-order valence-electron chi connectivity index (χ0n) is 22.2. The van der Waals surface area contributed by atoms with Gasteiger partial charge in [-0.15, -0.1) is 0 Å². The molecule has 0 atom stereocenters. The molecular formula is C30H43N5. The maximum atomic E-state index is 5.19. The molecule has 2 heterocycles. The Morgan fingerprint density at radius 3 is 2.06 bits per heavy atom. The summed E-state index contributed by atoms with van der Waals surface area (Å²) < 4.78 is 2.22. The van der Waals surface area contributed by atoms with Gasteiger partial charge in [-0.25, -0.2) is 4.68 Å². The molecule has 188 valence electrons. The number of hydrogen-bond acceptors (Lipinski definition) is 4. The number of para-hydroxylation sites is 1. The van der Waals surface area contributed by atoms with Crippen LogP contribution in [-0.2, 0) is 25.9 Å². The van der Waals surface area contributed by atoms with Crippen LogP contribution in [0.15, 0.2) is 54.6 Å². The minimum atomic E-state index is 0.933. The molecule has 0 saturated carbocycles. The Hall–Kier alpha value is -2.63. The summed E-state index contributed by atoms with van der Waals surface area (Å²) in [6.07, 6.45) is 3.18. The highest BCUT2D eigenvalue weighted by molar-refractivity contribution is 5.56. The van der Waals surface area contributed by atoms with Crippen LogP contribution in [0.2, 0.25) is 0 Å². The fraction of sp³-hybridized carbons (Fsp3) is 0.500. The molecule has 2 aromatic carbocycles. The van der Waals surface area contributed by atoms with Gasteiger partial charge in [-0.2, -0.15) is 5.10 Å². The minimum absolute atomic E-state index is 0.933. The van der Waals surface area contributed by atoms with Gasteiger partial charge in [0, 0.05) is 44.8 Å². The number of likely N-dealkylation sites (N-methyl/N-ethyl adjacent to an activating group) is 1.